The highest BCUT2D eigenvalue weighted by Crippen LogP contribution is 2.34. The lowest BCUT2D eigenvalue weighted by Crippen LogP contribution is -2.44. The van der Waals surface area contributed by atoms with Crippen LogP contribution in [0.2, 0.25) is 0 Å². The van der Waals surface area contributed by atoms with Crippen molar-refractivity contribution in [3.05, 3.63) is 17.5 Å². The molecule has 4 rings (SSSR count). The van der Waals surface area contributed by atoms with Gasteiger partial charge in [-0.25, -0.2) is 14.3 Å². The summed E-state index contributed by atoms with van der Waals surface area (Å²) in [6.07, 6.45) is 2.50. The molecule has 1 atom stereocenters. The molecule has 2 aromatic rings. The molecule has 9 heteroatoms. The summed E-state index contributed by atoms with van der Waals surface area (Å²) in [6, 6.07) is 0.512. The van der Waals surface area contributed by atoms with E-state index in [2.05, 4.69) is 30.5 Å². The van der Waals surface area contributed by atoms with Crippen molar-refractivity contribution in [1.29, 1.82) is 0 Å². The molecule has 0 N–H and O–H groups in total. The molecule has 0 aromatic carbocycles. The summed E-state index contributed by atoms with van der Waals surface area (Å²) < 4.78 is 9.81. The lowest BCUT2D eigenvalue weighted by molar-refractivity contribution is -0.0415. The van der Waals surface area contributed by atoms with Gasteiger partial charge >= 0.3 is 0 Å². The number of nitrogens with zero attached hydrogens (tertiary/aromatic N) is 8. The molecule has 2 fully saturated rings. The molecule has 1 saturated carbocycles. The molecule has 0 amide bonds. The molecule has 1 unspecified atom stereocenters. The number of morpholine rings is 1. The number of rotatable bonds is 5. The normalized spacial score (nSPS) is 22.6. The lowest BCUT2D eigenvalue weighted by atomic mass is 10.2. The Balaban J connectivity index is 1.38. The highest BCUT2D eigenvalue weighted by molar-refractivity contribution is 4.92. The molecule has 1 aliphatic carbocycles. The van der Waals surface area contributed by atoms with Gasteiger partial charge in [-0.15, -0.1) is 5.10 Å². The predicted octanol–water partition coefficient (Wildman–Crippen LogP) is 0.117. The predicted molar refractivity (Wildman–Crippen MR) is 80.6 cm³/mol. The van der Waals surface area contributed by atoms with Crippen molar-refractivity contribution < 1.29 is 4.74 Å². The maximum absolute atomic E-state index is 5.90. The van der Waals surface area contributed by atoms with Crippen LogP contribution < -0.4 is 0 Å². The third kappa shape index (κ3) is 3.25. The summed E-state index contributed by atoms with van der Waals surface area (Å²) in [4.78, 5) is 6.71. The fourth-order valence-electron chi connectivity index (χ4n) is 3.08. The first-order valence-electron chi connectivity index (χ1n) is 8.18. The maximum Gasteiger partial charge on any atom is 0.165 e. The largest absolute Gasteiger partial charge is 0.374 e. The van der Waals surface area contributed by atoms with Gasteiger partial charge < -0.3 is 4.74 Å². The molecule has 0 bridgehead atoms. The molecule has 0 radical (unpaired) electrons. The maximum atomic E-state index is 5.90. The second kappa shape index (κ2) is 5.97. The van der Waals surface area contributed by atoms with E-state index in [9.17, 15) is 0 Å². The Bertz CT molecular complexity index is 676. The van der Waals surface area contributed by atoms with Gasteiger partial charge in [0.2, 0.25) is 0 Å². The Hall–Kier alpha value is -1.87. The van der Waals surface area contributed by atoms with Gasteiger partial charge in [-0.05, 0) is 37.1 Å². The number of aromatic nitrogens is 7. The van der Waals surface area contributed by atoms with Gasteiger partial charge in [0.05, 0.1) is 31.8 Å². The van der Waals surface area contributed by atoms with Crippen molar-refractivity contribution >= 4 is 0 Å². The molecule has 2 aliphatic rings. The Morgan fingerprint density at radius 1 is 1.26 bits per heavy atom. The minimum Gasteiger partial charge on any atom is -0.374 e. The average molecular weight is 318 g/mol. The third-order valence-corrected chi connectivity index (χ3v) is 4.38. The van der Waals surface area contributed by atoms with Gasteiger partial charge in [0.1, 0.15) is 11.6 Å². The van der Waals surface area contributed by atoms with Crippen LogP contribution in [0.4, 0.5) is 0 Å². The molecule has 1 aliphatic heterocycles. The van der Waals surface area contributed by atoms with Crippen LogP contribution in [-0.4, -0.2) is 65.7 Å². The van der Waals surface area contributed by atoms with Crippen LogP contribution in [-0.2, 0) is 17.8 Å². The van der Waals surface area contributed by atoms with Gasteiger partial charge in [-0.2, -0.15) is 5.10 Å². The van der Waals surface area contributed by atoms with Gasteiger partial charge in [0.15, 0.2) is 5.82 Å². The molecule has 9 nitrogen and oxygen atoms in total. The van der Waals surface area contributed by atoms with Gasteiger partial charge in [-0.3, -0.25) is 4.90 Å². The lowest BCUT2D eigenvalue weighted by Gasteiger charge is -2.32. The average Bonchev–Trinajstić information content (AvgIpc) is 3.18. The van der Waals surface area contributed by atoms with E-state index in [0.717, 1.165) is 50.3 Å². The molecular weight excluding hydrogens is 296 g/mol. The minimum atomic E-state index is 0.119. The van der Waals surface area contributed by atoms with E-state index >= 15 is 0 Å². The van der Waals surface area contributed by atoms with Crippen molar-refractivity contribution in [2.75, 3.05) is 19.7 Å². The Morgan fingerprint density at radius 3 is 2.87 bits per heavy atom. The topological polar surface area (TPSA) is 86.8 Å². The molecule has 23 heavy (non-hydrogen) atoms. The van der Waals surface area contributed by atoms with Crippen molar-refractivity contribution in [1.82, 2.24) is 39.9 Å². The van der Waals surface area contributed by atoms with E-state index in [1.54, 1.807) is 0 Å². The second-order valence-corrected chi connectivity index (χ2v) is 6.39. The van der Waals surface area contributed by atoms with E-state index in [0.29, 0.717) is 6.04 Å². The molecule has 0 spiro atoms. The van der Waals surface area contributed by atoms with Crippen LogP contribution in [0.1, 0.15) is 36.4 Å². The zero-order valence-corrected chi connectivity index (χ0v) is 13.6. The second-order valence-electron chi connectivity index (χ2n) is 6.39. The highest BCUT2D eigenvalue weighted by atomic mass is 16.5. The zero-order chi connectivity index (χ0) is 15.8. The number of hydrogen-bond acceptors (Lipinski definition) is 7. The quantitative estimate of drug-likeness (QED) is 0.773. The molecule has 1 saturated heterocycles. The van der Waals surface area contributed by atoms with Crippen LogP contribution in [0, 0.1) is 13.8 Å². The van der Waals surface area contributed by atoms with Crippen molar-refractivity contribution in [3.63, 3.8) is 0 Å². The fourth-order valence-corrected chi connectivity index (χ4v) is 3.08. The third-order valence-electron chi connectivity index (χ3n) is 4.38. The number of aryl methyl sites for hydroxylation is 2. The van der Waals surface area contributed by atoms with Crippen LogP contribution in [0.15, 0.2) is 0 Å². The SMILES string of the molecule is Cc1nc(C)n(CC2CN(Cc3nnnn3C3CC3)CCO2)n1. The number of hydrogen-bond donors (Lipinski definition) is 0. The van der Waals surface area contributed by atoms with Gasteiger partial charge in [-0.1, -0.05) is 0 Å². The summed E-state index contributed by atoms with van der Waals surface area (Å²) in [5.41, 5.74) is 0. The summed E-state index contributed by atoms with van der Waals surface area (Å²) in [6.45, 7) is 7.89. The smallest absolute Gasteiger partial charge is 0.165 e. The summed E-state index contributed by atoms with van der Waals surface area (Å²) in [5, 5.41) is 16.6. The first-order valence-corrected chi connectivity index (χ1v) is 8.18. The van der Waals surface area contributed by atoms with Gasteiger partial charge in [0.25, 0.3) is 0 Å². The van der Waals surface area contributed by atoms with Crippen LogP contribution in [0.3, 0.4) is 0 Å². The molecule has 2 aromatic heterocycles. The van der Waals surface area contributed by atoms with E-state index in [4.69, 9.17) is 4.74 Å². The fraction of sp³-hybridized carbons (Fsp3) is 0.786. The van der Waals surface area contributed by atoms with Crippen LogP contribution >= 0.6 is 0 Å². The van der Waals surface area contributed by atoms with E-state index < -0.39 is 0 Å². The first kappa shape index (κ1) is 14.7. The Morgan fingerprint density at radius 2 is 2.13 bits per heavy atom. The van der Waals surface area contributed by atoms with Crippen molar-refractivity contribution in [3.8, 4) is 0 Å². The molecule has 3 heterocycles. The van der Waals surface area contributed by atoms with E-state index in [1.165, 1.54) is 12.8 Å². The zero-order valence-electron chi connectivity index (χ0n) is 13.6. The van der Waals surface area contributed by atoms with E-state index in [1.807, 2.05) is 23.2 Å². The Labute approximate surface area is 134 Å². The highest BCUT2D eigenvalue weighted by Gasteiger charge is 2.29. The van der Waals surface area contributed by atoms with Crippen molar-refractivity contribution in [2.45, 2.75) is 51.9 Å². The monoisotopic (exact) mass is 318 g/mol. The summed E-state index contributed by atoms with van der Waals surface area (Å²) >= 11 is 0. The van der Waals surface area contributed by atoms with Crippen LogP contribution in [0.5, 0.6) is 0 Å². The molecule has 124 valence electrons. The van der Waals surface area contributed by atoms with Crippen molar-refractivity contribution in [2.24, 2.45) is 0 Å². The first-order chi connectivity index (χ1) is 11.2. The Kier molecular flexibility index (Phi) is 3.82. The van der Waals surface area contributed by atoms with Crippen LogP contribution in [0.25, 0.3) is 0 Å². The standard InChI is InChI=1S/C14H22N8O/c1-10-15-11(2)21(17-10)8-13-7-20(5-6-23-13)9-14-16-18-19-22(14)12-3-4-12/h12-13H,3-9H2,1-2H3. The number of tetrazole rings is 1. The van der Waals surface area contributed by atoms with Gasteiger partial charge in [0, 0.05) is 13.1 Å². The minimum absolute atomic E-state index is 0.119. The summed E-state index contributed by atoms with van der Waals surface area (Å²) in [7, 11) is 0. The summed E-state index contributed by atoms with van der Waals surface area (Å²) in [5.74, 6) is 2.70. The number of ether oxygens (including phenoxy) is 1. The molecular formula is C14H22N8O. The van der Waals surface area contributed by atoms with E-state index in [-0.39, 0.29) is 6.10 Å².